The van der Waals surface area contributed by atoms with E-state index < -0.39 is 20.3 Å². The zero-order chi connectivity index (χ0) is 25.3. The first-order valence-electron chi connectivity index (χ1n) is 10.4. The van der Waals surface area contributed by atoms with Gasteiger partial charge in [0.05, 0.1) is 12.2 Å². The van der Waals surface area contributed by atoms with Crippen molar-refractivity contribution in [3.8, 4) is 0 Å². The number of alkyl halides is 3. The standard InChI is InChI=1S/C23H29FI2N4O4/c1-4-17(34-23(24,25)26)6-5-9-29-22(33)16-7-8-19(30-12-20(31)21(32)13-30)18(10-16)15(2)11-28-14-27-3/h4-11,14-15,20-22,29,31-33H,1,12-13H2,2-3H3/b9-5+,17-6+,27-14?,28-11?/t15?,20-,21-,22?/m0/s1. The van der Waals surface area contributed by atoms with Gasteiger partial charge >= 0.3 is 1.87 Å². The van der Waals surface area contributed by atoms with E-state index in [0.717, 1.165) is 11.3 Å². The molecule has 0 saturated carbocycles. The fourth-order valence-corrected chi connectivity index (χ4v) is 3.85. The van der Waals surface area contributed by atoms with E-state index in [4.69, 9.17) is 4.74 Å². The first kappa shape index (κ1) is 28.7. The molecular weight excluding hydrogens is 669 g/mol. The van der Waals surface area contributed by atoms with E-state index in [1.54, 1.807) is 25.4 Å². The van der Waals surface area contributed by atoms with Gasteiger partial charge < -0.3 is 30.3 Å². The number of aliphatic imine (C=N–C) groups is 2. The van der Waals surface area contributed by atoms with Gasteiger partial charge in [0.25, 0.3) is 0 Å². The molecule has 4 N–H and O–H groups in total. The Hall–Kier alpha value is -1.55. The van der Waals surface area contributed by atoms with Gasteiger partial charge in [0.1, 0.15) is 18.3 Å². The molecule has 1 fully saturated rings. The van der Waals surface area contributed by atoms with Crippen LogP contribution in [0.2, 0.25) is 0 Å². The third kappa shape index (κ3) is 8.91. The Morgan fingerprint density at radius 2 is 2.03 bits per heavy atom. The van der Waals surface area contributed by atoms with Crippen LogP contribution < -0.4 is 10.2 Å². The summed E-state index contributed by atoms with van der Waals surface area (Å²) in [4.78, 5) is 9.94. The van der Waals surface area contributed by atoms with Crippen LogP contribution in [0.25, 0.3) is 0 Å². The van der Waals surface area contributed by atoms with Gasteiger partial charge in [-0.05, 0) is 42.1 Å². The molecular formula is C23H29FI2N4O4. The highest BCUT2D eigenvalue weighted by Crippen LogP contribution is 2.33. The molecule has 0 aromatic heterocycles. The van der Waals surface area contributed by atoms with Crippen LogP contribution in [-0.4, -0.2) is 62.1 Å². The summed E-state index contributed by atoms with van der Waals surface area (Å²) in [5.74, 6) is 0.118. The normalized spacial score (nSPS) is 21.5. The van der Waals surface area contributed by atoms with Crippen molar-refractivity contribution in [3.63, 3.8) is 0 Å². The van der Waals surface area contributed by atoms with E-state index in [-0.39, 0.29) is 11.7 Å². The van der Waals surface area contributed by atoms with Crippen molar-refractivity contribution in [2.24, 2.45) is 9.98 Å². The number of anilines is 1. The molecule has 8 nitrogen and oxygen atoms in total. The van der Waals surface area contributed by atoms with Crippen LogP contribution in [-0.2, 0) is 4.74 Å². The van der Waals surface area contributed by atoms with Crippen molar-refractivity contribution in [2.45, 2.75) is 33.1 Å². The van der Waals surface area contributed by atoms with Crippen LogP contribution in [0.1, 0.15) is 30.2 Å². The van der Waals surface area contributed by atoms with Gasteiger partial charge in [0.15, 0.2) is 0 Å². The molecule has 186 valence electrons. The number of halogens is 3. The maximum Gasteiger partial charge on any atom is 0.350 e. The number of rotatable bonds is 11. The van der Waals surface area contributed by atoms with E-state index in [0.29, 0.717) is 18.7 Å². The van der Waals surface area contributed by atoms with Crippen LogP contribution in [0.3, 0.4) is 0 Å². The highest BCUT2D eigenvalue weighted by molar-refractivity contribution is 14.2. The summed E-state index contributed by atoms with van der Waals surface area (Å²) < 4.78 is 16.8. The predicted molar refractivity (Wildman–Crippen MR) is 150 cm³/mol. The molecule has 1 aromatic carbocycles. The van der Waals surface area contributed by atoms with Gasteiger partial charge in [-0.15, -0.1) is 0 Å². The van der Waals surface area contributed by atoms with Gasteiger partial charge in [-0.2, -0.15) is 4.39 Å². The summed E-state index contributed by atoms with van der Waals surface area (Å²) in [6.45, 7) is 6.17. The molecule has 0 amide bonds. The molecule has 1 heterocycles. The maximum atomic E-state index is 13.6. The number of hydrogen-bond acceptors (Lipinski definition) is 7. The van der Waals surface area contributed by atoms with Gasteiger partial charge in [-0.1, -0.05) is 19.6 Å². The van der Waals surface area contributed by atoms with Gasteiger partial charge in [-0.25, -0.2) is 4.99 Å². The van der Waals surface area contributed by atoms with Crippen LogP contribution in [0.5, 0.6) is 0 Å². The monoisotopic (exact) mass is 698 g/mol. The number of ether oxygens (including phenoxy) is 1. The molecule has 0 bridgehead atoms. The van der Waals surface area contributed by atoms with Crippen molar-refractivity contribution < 1.29 is 24.4 Å². The Morgan fingerprint density at radius 3 is 2.62 bits per heavy atom. The second-order valence-corrected chi connectivity index (χ2v) is 12.4. The van der Waals surface area contributed by atoms with Crippen molar-refractivity contribution in [1.82, 2.24) is 5.32 Å². The van der Waals surface area contributed by atoms with Crippen LogP contribution >= 0.6 is 45.2 Å². The SMILES string of the molecule is C=C/C(=C\C=C\NC(O)c1ccc(N2C[C@H](O)[C@@H](O)C2)c(C(C)C=NC=NC)c1)OC(F)(I)I. The number of benzene rings is 1. The number of β-amino-alcohol motifs (C(OH)–C–C–N with tert-alkyl or cyclic N) is 2. The lowest BCUT2D eigenvalue weighted by Crippen LogP contribution is -2.24. The molecule has 34 heavy (non-hydrogen) atoms. The molecule has 0 spiro atoms. The number of nitrogens with zero attached hydrogens (tertiary/aromatic N) is 3. The van der Waals surface area contributed by atoms with Crippen molar-refractivity contribution in [3.05, 3.63) is 66.1 Å². The summed E-state index contributed by atoms with van der Waals surface area (Å²) in [5, 5.41) is 33.5. The molecule has 1 saturated heterocycles. The lowest BCUT2D eigenvalue weighted by molar-refractivity contribution is 0.0572. The van der Waals surface area contributed by atoms with Crippen molar-refractivity contribution >= 4 is 63.4 Å². The van der Waals surface area contributed by atoms with Crippen molar-refractivity contribution in [2.75, 3.05) is 25.0 Å². The number of aliphatic hydroxyl groups is 3. The minimum Gasteiger partial charge on any atom is -0.442 e. The van der Waals surface area contributed by atoms with Crippen LogP contribution in [0.15, 0.2) is 65.0 Å². The molecule has 0 radical (unpaired) electrons. The molecule has 1 aliphatic heterocycles. The van der Waals surface area contributed by atoms with E-state index in [1.807, 2.05) is 24.0 Å². The van der Waals surface area contributed by atoms with Crippen LogP contribution in [0, 0.1) is 0 Å². The summed E-state index contributed by atoms with van der Waals surface area (Å²) in [7, 11) is 1.63. The average Bonchev–Trinajstić information content (AvgIpc) is 3.12. The molecule has 1 aliphatic rings. The highest BCUT2D eigenvalue weighted by atomic mass is 127. The third-order valence-corrected chi connectivity index (χ3v) is 5.44. The molecule has 2 unspecified atom stereocenters. The smallest absolute Gasteiger partial charge is 0.350 e. The lowest BCUT2D eigenvalue weighted by Gasteiger charge is -2.25. The Bertz CT molecular complexity index is 939. The first-order valence-corrected chi connectivity index (χ1v) is 12.6. The van der Waals surface area contributed by atoms with Crippen molar-refractivity contribution in [1.29, 1.82) is 0 Å². The zero-order valence-electron chi connectivity index (χ0n) is 18.9. The second-order valence-electron chi connectivity index (χ2n) is 7.57. The molecule has 1 aromatic rings. The fraction of sp³-hybridized carbons (Fsp3) is 0.391. The van der Waals surface area contributed by atoms with E-state index in [2.05, 4.69) is 21.9 Å². The summed E-state index contributed by atoms with van der Waals surface area (Å²) in [6.07, 6.45) is 6.52. The second kappa shape index (κ2) is 13.5. The van der Waals surface area contributed by atoms with E-state index in [9.17, 15) is 19.7 Å². The van der Waals surface area contributed by atoms with Gasteiger partial charge in [-0.3, -0.25) is 4.99 Å². The summed E-state index contributed by atoms with van der Waals surface area (Å²) in [6, 6.07) is 5.49. The van der Waals surface area contributed by atoms with Gasteiger partial charge in [0.2, 0.25) is 0 Å². The Labute approximate surface area is 226 Å². The zero-order valence-corrected chi connectivity index (χ0v) is 23.2. The Balaban J connectivity index is 2.22. The number of aliphatic hydroxyl groups excluding tert-OH is 3. The lowest BCUT2D eigenvalue weighted by atomic mass is 9.96. The molecule has 11 heteroatoms. The minimum absolute atomic E-state index is 0.122. The largest absolute Gasteiger partial charge is 0.442 e. The van der Waals surface area contributed by atoms with Gasteiger partial charge in [0, 0.05) is 88.7 Å². The predicted octanol–water partition coefficient (Wildman–Crippen LogP) is 3.69. The number of nitrogens with one attached hydrogen (secondary N) is 1. The first-order chi connectivity index (χ1) is 16.1. The summed E-state index contributed by atoms with van der Waals surface area (Å²) >= 11 is 3.03. The Kier molecular flexibility index (Phi) is 11.4. The van der Waals surface area contributed by atoms with Crippen LogP contribution in [0.4, 0.5) is 10.1 Å². The quantitative estimate of drug-likeness (QED) is 0.0535. The van der Waals surface area contributed by atoms with E-state index >= 15 is 0 Å². The third-order valence-electron chi connectivity index (χ3n) is 5.00. The molecule has 0 aliphatic carbocycles. The highest BCUT2D eigenvalue weighted by Gasteiger charge is 2.31. The average molecular weight is 698 g/mol. The fourth-order valence-electron chi connectivity index (χ4n) is 3.34. The molecule has 4 atom stereocenters. The minimum atomic E-state index is -1.89. The topological polar surface area (TPSA) is 110 Å². The van der Waals surface area contributed by atoms with E-state index in [1.165, 1.54) is 69.9 Å². The Morgan fingerprint density at radius 1 is 1.35 bits per heavy atom. The number of allylic oxidation sites excluding steroid dienone is 3. The maximum absolute atomic E-state index is 13.6. The number of hydrogen-bond donors (Lipinski definition) is 4. The summed E-state index contributed by atoms with van der Waals surface area (Å²) in [5.41, 5.74) is 2.33. The molecule has 2 rings (SSSR count).